The summed E-state index contributed by atoms with van der Waals surface area (Å²) in [5.74, 6) is 0.744. The SMILES string of the molecule is O=C(NC1CCCc2c1cnn2-c1ccccn1)C1CCS(=O)(=O)CC1. The van der Waals surface area contributed by atoms with E-state index in [1.165, 1.54) is 0 Å². The maximum Gasteiger partial charge on any atom is 0.223 e. The summed E-state index contributed by atoms with van der Waals surface area (Å²) in [7, 11) is -2.96. The van der Waals surface area contributed by atoms with Crippen LogP contribution < -0.4 is 5.32 Å². The molecule has 26 heavy (non-hydrogen) atoms. The predicted octanol–water partition coefficient (Wildman–Crippen LogP) is 1.59. The van der Waals surface area contributed by atoms with Crippen LogP contribution in [0, 0.1) is 5.92 Å². The lowest BCUT2D eigenvalue weighted by molar-refractivity contribution is -0.126. The zero-order chi connectivity index (χ0) is 18.1. The summed E-state index contributed by atoms with van der Waals surface area (Å²) in [6.07, 6.45) is 7.14. The number of rotatable bonds is 3. The summed E-state index contributed by atoms with van der Waals surface area (Å²) in [5.41, 5.74) is 2.13. The molecule has 2 aromatic heterocycles. The van der Waals surface area contributed by atoms with Crippen LogP contribution in [-0.4, -0.2) is 40.6 Å². The van der Waals surface area contributed by atoms with Crippen molar-refractivity contribution < 1.29 is 13.2 Å². The van der Waals surface area contributed by atoms with Crippen LogP contribution >= 0.6 is 0 Å². The number of aromatic nitrogens is 3. The Balaban J connectivity index is 1.50. The quantitative estimate of drug-likeness (QED) is 0.880. The van der Waals surface area contributed by atoms with Crippen LogP contribution in [0.1, 0.15) is 43.0 Å². The average molecular weight is 374 g/mol. The maximum absolute atomic E-state index is 12.6. The fraction of sp³-hybridized carbons (Fsp3) is 0.500. The Kier molecular flexibility index (Phi) is 4.52. The van der Waals surface area contributed by atoms with Crippen LogP contribution in [0.4, 0.5) is 0 Å². The van der Waals surface area contributed by atoms with Crippen LogP contribution in [0.5, 0.6) is 0 Å². The van der Waals surface area contributed by atoms with Crippen molar-refractivity contribution in [2.45, 2.75) is 38.1 Å². The van der Waals surface area contributed by atoms with E-state index in [1.54, 1.807) is 6.20 Å². The van der Waals surface area contributed by atoms with Crippen LogP contribution in [0.15, 0.2) is 30.6 Å². The summed E-state index contributed by atoms with van der Waals surface area (Å²) in [4.78, 5) is 17.0. The summed E-state index contributed by atoms with van der Waals surface area (Å²) in [6.45, 7) is 0. The van der Waals surface area contributed by atoms with Crippen molar-refractivity contribution in [2.24, 2.45) is 5.92 Å². The van der Waals surface area contributed by atoms with E-state index in [0.717, 1.165) is 36.3 Å². The molecule has 3 heterocycles. The first-order valence-electron chi connectivity index (χ1n) is 9.02. The van der Waals surface area contributed by atoms with Crippen molar-refractivity contribution in [1.82, 2.24) is 20.1 Å². The molecule has 0 saturated carbocycles. The first kappa shape index (κ1) is 17.2. The van der Waals surface area contributed by atoms with Gasteiger partial charge < -0.3 is 5.32 Å². The Morgan fingerprint density at radius 3 is 2.73 bits per heavy atom. The van der Waals surface area contributed by atoms with Gasteiger partial charge in [-0.1, -0.05) is 6.07 Å². The molecule has 1 N–H and O–H groups in total. The van der Waals surface area contributed by atoms with Crippen molar-refractivity contribution in [1.29, 1.82) is 0 Å². The molecule has 0 bridgehead atoms. The summed E-state index contributed by atoms with van der Waals surface area (Å²) in [6, 6.07) is 5.64. The highest BCUT2D eigenvalue weighted by Crippen LogP contribution is 2.31. The average Bonchev–Trinajstić information content (AvgIpc) is 3.07. The van der Waals surface area contributed by atoms with E-state index in [-0.39, 0.29) is 29.4 Å². The molecule has 1 amide bonds. The van der Waals surface area contributed by atoms with E-state index < -0.39 is 9.84 Å². The van der Waals surface area contributed by atoms with Gasteiger partial charge in [-0.3, -0.25) is 4.79 Å². The fourth-order valence-corrected chi connectivity index (χ4v) is 5.32. The molecule has 7 nitrogen and oxygen atoms in total. The first-order chi connectivity index (χ1) is 12.5. The van der Waals surface area contributed by atoms with Gasteiger partial charge in [0.15, 0.2) is 5.82 Å². The van der Waals surface area contributed by atoms with E-state index in [2.05, 4.69) is 15.4 Å². The maximum atomic E-state index is 12.6. The second-order valence-corrected chi connectivity index (χ2v) is 9.33. The molecule has 4 rings (SSSR count). The lowest BCUT2D eigenvalue weighted by Gasteiger charge is -2.27. The number of fused-ring (bicyclic) bond motifs is 1. The largest absolute Gasteiger partial charge is 0.349 e. The number of pyridine rings is 1. The van der Waals surface area contributed by atoms with E-state index in [4.69, 9.17) is 0 Å². The monoisotopic (exact) mass is 374 g/mol. The molecule has 1 aliphatic carbocycles. The lowest BCUT2D eigenvalue weighted by atomic mass is 9.92. The number of sulfone groups is 1. The number of carbonyl (C=O) groups excluding carboxylic acids is 1. The molecule has 2 aliphatic rings. The molecule has 1 aliphatic heterocycles. The fourth-order valence-electron chi connectivity index (χ4n) is 3.83. The van der Waals surface area contributed by atoms with Gasteiger partial charge in [0, 0.05) is 17.7 Å². The third-order valence-electron chi connectivity index (χ3n) is 5.29. The van der Waals surface area contributed by atoms with Gasteiger partial charge in [0.25, 0.3) is 0 Å². The Hall–Kier alpha value is -2.22. The second-order valence-electron chi connectivity index (χ2n) is 7.03. The summed E-state index contributed by atoms with van der Waals surface area (Å²) >= 11 is 0. The standard InChI is InChI=1S/C18H22N4O3S/c23-18(13-7-10-26(24,25)11-8-13)21-15-4-3-5-16-14(15)12-20-22(16)17-6-1-2-9-19-17/h1-2,6,9,12-13,15H,3-5,7-8,10-11H2,(H,21,23). The normalized spacial score (nSPS) is 22.5. The van der Waals surface area contributed by atoms with E-state index in [1.807, 2.05) is 29.1 Å². The molecule has 0 radical (unpaired) electrons. The van der Waals surface area contributed by atoms with Gasteiger partial charge in [0.1, 0.15) is 9.84 Å². The number of nitrogens with zero attached hydrogens (tertiary/aromatic N) is 3. The summed E-state index contributed by atoms with van der Waals surface area (Å²) in [5, 5.41) is 7.61. The van der Waals surface area contributed by atoms with Crippen LogP contribution in [0.25, 0.3) is 5.82 Å². The van der Waals surface area contributed by atoms with E-state index in [9.17, 15) is 13.2 Å². The Morgan fingerprint density at radius 1 is 1.19 bits per heavy atom. The highest BCUT2D eigenvalue weighted by atomic mass is 32.2. The van der Waals surface area contributed by atoms with Crippen molar-refractivity contribution in [3.8, 4) is 5.82 Å². The van der Waals surface area contributed by atoms with Gasteiger partial charge in [0.2, 0.25) is 5.91 Å². The minimum Gasteiger partial charge on any atom is -0.349 e. The van der Waals surface area contributed by atoms with Crippen LogP contribution in [-0.2, 0) is 21.1 Å². The molecule has 138 valence electrons. The Labute approximate surface area is 152 Å². The van der Waals surface area contributed by atoms with Gasteiger partial charge >= 0.3 is 0 Å². The van der Waals surface area contributed by atoms with Gasteiger partial charge in [0.05, 0.1) is 29.4 Å². The minimum atomic E-state index is -2.96. The second kappa shape index (κ2) is 6.83. The highest BCUT2D eigenvalue weighted by Gasteiger charge is 2.32. The molecule has 0 spiro atoms. The molecule has 1 saturated heterocycles. The van der Waals surface area contributed by atoms with Crippen molar-refractivity contribution >= 4 is 15.7 Å². The van der Waals surface area contributed by atoms with Gasteiger partial charge in [-0.25, -0.2) is 18.1 Å². The predicted molar refractivity (Wildman–Crippen MR) is 96.6 cm³/mol. The number of amides is 1. The highest BCUT2D eigenvalue weighted by molar-refractivity contribution is 7.91. The zero-order valence-corrected chi connectivity index (χ0v) is 15.3. The molecular formula is C18H22N4O3S. The smallest absolute Gasteiger partial charge is 0.223 e. The van der Waals surface area contributed by atoms with Crippen LogP contribution in [0.3, 0.4) is 0 Å². The molecule has 2 aromatic rings. The summed E-state index contributed by atoms with van der Waals surface area (Å²) < 4.78 is 25.0. The lowest BCUT2D eigenvalue weighted by Crippen LogP contribution is -2.39. The third-order valence-corrected chi connectivity index (χ3v) is 7.01. The minimum absolute atomic E-state index is 0.0386. The Morgan fingerprint density at radius 2 is 2.00 bits per heavy atom. The number of hydrogen-bond donors (Lipinski definition) is 1. The zero-order valence-electron chi connectivity index (χ0n) is 14.5. The number of carbonyl (C=O) groups is 1. The molecule has 1 atom stereocenters. The molecular weight excluding hydrogens is 352 g/mol. The molecule has 1 fully saturated rings. The van der Waals surface area contributed by atoms with Crippen molar-refractivity contribution in [3.63, 3.8) is 0 Å². The molecule has 0 aromatic carbocycles. The number of hydrogen-bond acceptors (Lipinski definition) is 5. The van der Waals surface area contributed by atoms with E-state index >= 15 is 0 Å². The number of nitrogens with one attached hydrogen (secondary N) is 1. The first-order valence-corrected chi connectivity index (χ1v) is 10.8. The van der Waals surface area contributed by atoms with Crippen molar-refractivity contribution in [3.05, 3.63) is 41.9 Å². The topological polar surface area (TPSA) is 93.9 Å². The van der Waals surface area contributed by atoms with Gasteiger partial charge in [-0.2, -0.15) is 5.10 Å². The van der Waals surface area contributed by atoms with Gasteiger partial charge in [-0.15, -0.1) is 0 Å². The molecule has 1 unspecified atom stereocenters. The van der Waals surface area contributed by atoms with Crippen molar-refractivity contribution in [2.75, 3.05) is 11.5 Å². The Bertz CT molecular complexity index is 894. The van der Waals surface area contributed by atoms with Crippen LogP contribution in [0.2, 0.25) is 0 Å². The van der Waals surface area contributed by atoms with Gasteiger partial charge in [-0.05, 0) is 44.2 Å². The third kappa shape index (κ3) is 3.38. The van der Waals surface area contributed by atoms with E-state index in [0.29, 0.717) is 12.8 Å². The molecule has 8 heteroatoms.